The number of halogens is 1. The van der Waals surface area contributed by atoms with E-state index in [1.807, 2.05) is 31.2 Å². The quantitative estimate of drug-likeness (QED) is 0.522. The van der Waals surface area contributed by atoms with Crippen LogP contribution in [0.25, 0.3) is 0 Å². The van der Waals surface area contributed by atoms with Crippen molar-refractivity contribution in [1.29, 1.82) is 0 Å². The van der Waals surface area contributed by atoms with Gasteiger partial charge in [0.1, 0.15) is 5.82 Å². The van der Waals surface area contributed by atoms with Gasteiger partial charge >= 0.3 is 0 Å². The second-order valence-corrected chi connectivity index (χ2v) is 8.50. The fraction of sp³-hybridized carbons (Fsp3) is 0.308. The van der Waals surface area contributed by atoms with Gasteiger partial charge in [0.2, 0.25) is 0 Å². The molecule has 1 aliphatic rings. The van der Waals surface area contributed by atoms with Gasteiger partial charge < -0.3 is 15.3 Å². The monoisotopic (exact) mass is 462 g/mol. The molecule has 176 valence electrons. The molecule has 1 saturated heterocycles. The van der Waals surface area contributed by atoms with Crippen molar-refractivity contribution in [3.8, 4) is 0 Å². The smallest absolute Gasteiger partial charge is 0.271 e. The average Bonchev–Trinajstić information content (AvgIpc) is 2.87. The molecule has 3 aromatic rings. The first-order chi connectivity index (χ1) is 16.4. The summed E-state index contributed by atoms with van der Waals surface area (Å²) in [7, 11) is 0. The molecule has 0 saturated carbocycles. The molecule has 1 fully saturated rings. The molecule has 0 radical (unpaired) electrons. The Hall–Kier alpha value is -3.65. The Morgan fingerprint density at radius 1 is 1.09 bits per heavy atom. The van der Waals surface area contributed by atoms with Crippen LogP contribution in [0.4, 0.5) is 10.2 Å². The molecule has 0 bridgehead atoms. The van der Waals surface area contributed by atoms with E-state index >= 15 is 0 Å². The van der Waals surface area contributed by atoms with E-state index in [1.165, 1.54) is 18.2 Å². The molecule has 2 aromatic carbocycles. The number of hydrogen-bond donors (Lipinski definition) is 2. The van der Waals surface area contributed by atoms with E-state index in [2.05, 4.69) is 20.4 Å². The second kappa shape index (κ2) is 10.5. The van der Waals surface area contributed by atoms with Crippen molar-refractivity contribution >= 4 is 17.5 Å². The number of aliphatic hydroxyl groups is 1. The number of hydrogen-bond acceptors (Lipinski definition) is 6. The third-order valence-electron chi connectivity index (χ3n) is 6.17. The predicted octanol–water partition coefficient (Wildman–Crippen LogP) is 3.49. The molecule has 0 aliphatic carbocycles. The average molecular weight is 463 g/mol. The van der Waals surface area contributed by atoms with E-state index in [-0.39, 0.29) is 23.9 Å². The number of aryl methyl sites for hydroxylation is 1. The van der Waals surface area contributed by atoms with Crippen LogP contribution < -0.4 is 10.2 Å². The maximum atomic E-state index is 13.3. The first kappa shape index (κ1) is 23.5. The zero-order valence-corrected chi connectivity index (χ0v) is 18.9. The number of benzene rings is 2. The SMILES string of the molecule is Cc1ccccc1C(=O)C1CCN(c2ccc(C(=O)NCC(O)c3cccc(F)c3)nn2)CC1. The van der Waals surface area contributed by atoms with E-state index in [9.17, 15) is 19.1 Å². The summed E-state index contributed by atoms with van der Waals surface area (Å²) in [5, 5.41) is 20.9. The summed E-state index contributed by atoms with van der Waals surface area (Å²) in [4.78, 5) is 27.3. The number of amides is 1. The van der Waals surface area contributed by atoms with E-state index in [4.69, 9.17) is 0 Å². The van der Waals surface area contributed by atoms with Crippen LogP contribution >= 0.6 is 0 Å². The Balaban J connectivity index is 1.29. The molecule has 2 heterocycles. The van der Waals surface area contributed by atoms with Gasteiger partial charge in [0.15, 0.2) is 17.3 Å². The second-order valence-electron chi connectivity index (χ2n) is 8.50. The van der Waals surface area contributed by atoms with Crippen molar-refractivity contribution < 1.29 is 19.1 Å². The fourth-order valence-corrected chi connectivity index (χ4v) is 4.17. The summed E-state index contributed by atoms with van der Waals surface area (Å²) in [6, 6.07) is 16.6. The maximum absolute atomic E-state index is 13.3. The van der Waals surface area contributed by atoms with Gasteiger partial charge in [-0.25, -0.2) is 4.39 Å². The third kappa shape index (κ3) is 5.46. The van der Waals surface area contributed by atoms with Crippen molar-refractivity contribution in [2.24, 2.45) is 5.92 Å². The molecule has 1 aromatic heterocycles. The largest absolute Gasteiger partial charge is 0.387 e. The minimum Gasteiger partial charge on any atom is -0.387 e. The number of nitrogens with zero attached hydrogens (tertiary/aromatic N) is 3. The van der Waals surface area contributed by atoms with Crippen LogP contribution in [0.2, 0.25) is 0 Å². The Morgan fingerprint density at radius 2 is 1.85 bits per heavy atom. The van der Waals surface area contributed by atoms with Crippen LogP contribution in [0.15, 0.2) is 60.7 Å². The zero-order valence-electron chi connectivity index (χ0n) is 18.9. The van der Waals surface area contributed by atoms with E-state index in [0.29, 0.717) is 24.5 Å². The molecular weight excluding hydrogens is 435 g/mol. The van der Waals surface area contributed by atoms with Crippen LogP contribution in [-0.2, 0) is 0 Å². The van der Waals surface area contributed by atoms with Gasteiger partial charge in [-0.1, -0.05) is 36.4 Å². The van der Waals surface area contributed by atoms with E-state index in [1.54, 1.807) is 18.2 Å². The van der Waals surface area contributed by atoms with Gasteiger partial charge in [-0.15, -0.1) is 10.2 Å². The van der Waals surface area contributed by atoms with Crippen molar-refractivity contribution in [2.45, 2.75) is 25.9 Å². The molecule has 1 atom stereocenters. The molecular formula is C26H27FN4O3. The minimum atomic E-state index is -1.03. The lowest BCUT2D eigenvalue weighted by molar-refractivity contribution is 0.0895. The normalized spacial score (nSPS) is 15.1. The molecule has 0 spiro atoms. The number of piperidine rings is 1. The van der Waals surface area contributed by atoms with Gasteiger partial charge in [-0.3, -0.25) is 9.59 Å². The fourth-order valence-electron chi connectivity index (χ4n) is 4.17. The summed E-state index contributed by atoms with van der Waals surface area (Å²) < 4.78 is 13.3. The Bertz CT molecular complexity index is 1160. The minimum absolute atomic E-state index is 0.0140. The number of carbonyl (C=O) groups is 2. The van der Waals surface area contributed by atoms with Crippen LogP contribution in [-0.4, -0.2) is 46.6 Å². The van der Waals surface area contributed by atoms with Crippen LogP contribution in [0.3, 0.4) is 0 Å². The predicted molar refractivity (Wildman–Crippen MR) is 126 cm³/mol. The lowest BCUT2D eigenvalue weighted by Crippen LogP contribution is -2.37. The number of carbonyl (C=O) groups excluding carboxylic acids is 2. The maximum Gasteiger partial charge on any atom is 0.271 e. The summed E-state index contributed by atoms with van der Waals surface area (Å²) in [5.41, 5.74) is 2.29. The van der Waals surface area contributed by atoms with Crippen LogP contribution in [0.5, 0.6) is 0 Å². The highest BCUT2D eigenvalue weighted by Gasteiger charge is 2.27. The number of aromatic nitrogens is 2. The highest BCUT2D eigenvalue weighted by atomic mass is 19.1. The van der Waals surface area contributed by atoms with Gasteiger partial charge in [-0.05, 0) is 55.2 Å². The van der Waals surface area contributed by atoms with Gasteiger partial charge in [0.05, 0.1) is 6.10 Å². The van der Waals surface area contributed by atoms with E-state index < -0.39 is 17.8 Å². The number of aliphatic hydroxyl groups excluding tert-OH is 1. The highest BCUT2D eigenvalue weighted by Crippen LogP contribution is 2.25. The molecule has 8 heteroatoms. The van der Waals surface area contributed by atoms with Crippen molar-refractivity contribution in [3.05, 3.63) is 88.9 Å². The molecule has 7 nitrogen and oxygen atoms in total. The lowest BCUT2D eigenvalue weighted by Gasteiger charge is -2.32. The van der Waals surface area contributed by atoms with Crippen LogP contribution in [0.1, 0.15) is 50.9 Å². The molecule has 34 heavy (non-hydrogen) atoms. The molecule has 1 amide bonds. The Kier molecular flexibility index (Phi) is 7.27. The summed E-state index contributed by atoms with van der Waals surface area (Å²) >= 11 is 0. The number of ketones is 1. The summed E-state index contributed by atoms with van der Waals surface area (Å²) in [6.07, 6.45) is 0.431. The molecule has 1 unspecified atom stereocenters. The van der Waals surface area contributed by atoms with Crippen LogP contribution in [0, 0.1) is 18.7 Å². The van der Waals surface area contributed by atoms with Crippen molar-refractivity contribution in [1.82, 2.24) is 15.5 Å². The molecule has 2 N–H and O–H groups in total. The van der Waals surface area contributed by atoms with Gasteiger partial charge in [0, 0.05) is 31.1 Å². The highest BCUT2D eigenvalue weighted by molar-refractivity contribution is 5.99. The Labute approximate surface area is 197 Å². The van der Waals surface area contributed by atoms with Gasteiger partial charge in [-0.2, -0.15) is 0 Å². The Morgan fingerprint density at radius 3 is 2.53 bits per heavy atom. The lowest BCUT2D eigenvalue weighted by atomic mass is 9.87. The van der Waals surface area contributed by atoms with E-state index in [0.717, 1.165) is 24.0 Å². The topological polar surface area (TPSA) is 95.4 Å². The standard InChI is InChI=1S/C26H27FN4O3/c1-17-5-2-3-8-21(17)25(33)18-11-13-31(14-12-18)24-10-9-22(29-30-24)26(34)28-16-23(32)19-6-4-7-20(27)15-19/h2-10,15,18,23,32H,11-14,16H2,1H3,(H,28,34). The molecule has 1 aliphatic heterocycles. The van der Waals surface area contributed by atoms with Crippen molar-refractivity contribution in [2.75, 3.05) is 24.5 Å². The van der Waals surface area contributed by atoms with Crippen molar-refractivity contribution in [3.63, 3.8) is 0 Å². The number of anilines is 1. The first-order valence-electron chi connectivity index (χ1n) is 11.3. The number of rotatable bonds is 7. The number of Topliss-reactive ketones (excluding diaryl/α,β-unsaturated/α-hetero) is 1. The third-order valence-corrected chi connectivity index (χ3v) is 6.17. The summed E-state index contributed by atoms with van der Waals surface area (Å²) in [6.45, 7) is 3.25. The van der Waals surface area contributed by atoms with Gasteiger partial charge in [0.25, 0.3) is 5.91 Å². The first-order valence-corrected chi connectivity index (χ1v) is 11.3. The molecule has 4 rings (SSSR count). The summed E-state index contributed by atoms with van der Waals surface area (Å²) in [5.74, 6) is -0.0979. The zero-order chi connectivity index (χ0) is 24.1. The number of nitrogens with one attached hydrogen (secondary N) is 1.